The molecule has 0 spiro atoms. The van der Waals surface area contributed by atoms with E-state index in [2.05, 4.69) is 9.97 Å². The Bertz CT molecular complexity index is 525. The van der Waals surface area contributed by atoms with E-state index in [1.54, 1.807) is 6.26 Å². The average Bonchev–Trinajstić information content (AvgIpc) is 2.98. The number of furan rings is 1. The van der Waals surface area contributed by atoms with Crippen LogP contribution in [0.5, 0.6) is 0 Å². The first-order valence-electron chi connectivity index (χ1n) is 4.99. The standard InChI is InChI=1S/C12H10N2O2/c1-8-14-11(10-5-3-7-15-10)12(16-8)9-4-2-6-13-9/h2-7,13H,1H3. The minimum Gasteiger partial charge on any atom is -0.463 e. The monoisotopic (exact) mass is 214 g/mol. The largest absolute Gasteiger partial charge is 0.463 e. The molecular weight excluding hydrogens is 204 g/mol. The molecule has 0 atom stereocenters. The van der Waals surface area contributed by atoms with E-state index >= 15 is 0 Å². The lowest BCUT2D eigenvalue weighted by molar-refractivity contribution is 0.532. The van der Waals surface area contributed by atoms with Crippen LogP contribution in [0.15, 0.2) is 45.6 Å². The molecule has 0 aliphatic heterocycles. The summed E-state index contributed by atoms with van der Waals surface area (Å²) in [4.78, 5) is 7.42. The first-order chi connectivity index (χ1) is 7.84. The van der Waals surface area contributed by atoms with Crippen molar-refractivity contribution in [3.05, 3.63) is 42.6 Å². The molecule has 0 radical (unpaired) electrons. The fourth-order valence-corrected chi connectivity index (χ4v) is 1.66. The van der Waals surface area contributed by atoms with Crippen LogP contribution in [0.4, 0.5) is 0 Å². The maximum Gasteiger partial charge on any atom is 0.192 e. The van der Waals surface area contributed by atoms with Gasteiger partial charge in [-0.05, 0) is 24.3 Å². The van der Waals surface area contributed by atoms with Crippen molar-refractivity contribution in [2.24, 2.45) is 0 Å². The second-order valence-corrected chi connectivity index (χ2v) is 3.47. The highest BCUT2D eigenvalue weighted by Gasteiger charge is 2.17. The van der Waals surface area contributed by atoms with Crippen LogP contribution >= 0.6 is 0 Å². The van der Waals surface area contributed by atoms with Crippen LogP contribution in [0.1, 0.15) is 5.89 Å². The second-order valence-electron chi connectivity index (χ2n) is 3.47. The number of oxazole rings is 1. The molecule has 3 heterocycles. The Balaban J connectivity index is 2.19. The maximum absolute atomic E-state index is 5.58. The smallest absolute Gasteiger partial charge is 0.192 e. The molecule has 4 heteroatoms. The van der Waals surface area contributed by atoms with Crippen molar-refractivity contribution >= 4 is 0 Å². The molecular formula is C12H10N2O2. The summed E-state index contributed by atoms with van der Waals surface area (Å²) in [6, 6.07) is 7.55. The molecule has 0 saturated heterocycles. The maximum atomic E-state index is 5.58. The van der Waals surface area contributed by atoms with E-state index < -0.39 is 0 Å². The van der Waals surface area contributed by atoms with Gasteiger partial charge >= 0.3 is 0 Å². The first kappa shape index (κ1) is 9.03. The third-order valence-electron chi connectivity index (χ3n) is 2.33. The third kappa shape index (κ3) is 1.35. The zero-order chi connectivity index (χ0) is 11.0. The summed E-state index contributed by atoms with van der Waals surface area (Å²) >= 11 is 0. The molecule has 16 heavy (non-hydrogen) atoms. The molecule has 0 bridgehead atoms. The third-order valence-corrected chi connectivity index (χ3v) is 2.33. The highest BCUT2D eigenvalue weighted by molar-refractivity contribution is 5.71. The number of hydrogen-bond donors (Lipinski definition) is 1. The van der Waals surface area contributed by atoms with Gasteiger partial charge in [-0.15, -0.1) is 0 Å². The molecule has 3 aromatic rings. The summed E-state index contributed by atoms with van der Waals surface area (Å²) in [6.45, 7) is 1.82. The highest BCUT2D eigenvalue weighted by Crippen LogP contribution is 2.31. The second kappa shape index (κ2) is 3.41. The Hall–Kier alpha value is -2.23. The minimum absolute atomic E-state index is 0.621. The van der Waals surface area contributed by atoms with Gasteiger partial charge in [0.15, 0.2) is 23.1 Å². The topological polar surface area (TPSA) is 55.0 Å². The number of nitrogens with one attached hydrogen (secondary N) is 1. The summed E-state index contributed by atoms with van der Waals surface area (Å²) in [6.07, 6.45) is 3.47. The molecule has 0 aromatic carbocycles. The number of H-pyrrole nitrogens is 1. The van der Waals surface area contributed by atoms with E-state index in [9.17, 15) is 0 Å². The number of rotatable bonds is 2. The van der Waals surface area contributed by atoms with Crippen molar-refractivity contribution < 1.29 is 8.83 Å². The molecule has 0 aliphatic carbocycles. The van der Waals surface area contributed by atoms with Gasteiger partial charge in [0.25, 0.3) is 0 Å². The van der Waals surface area contributed by atoms with Crippen LogP contribution in [0.2, 0.25) is 0 Å². The Morgan fingerprint density at radius 2 is 2.19 bits per heavy atom. The van der Waals surface area contributed by atoms with E-state index in [1.807, 2.05) is 37.4 Å². The molecule has 1 N–H and O–H groups in total. The first-order valence-corrected chi connectivity index (χ1v) is 4.99. The van der Waals surface area contributed by atoms with Crippen molar-refractivity contribution in [1.29, 1.82) is 0 Å². The molecule has 3 rings (SSSR count). The molecule has 0 saturated carbocycles. The van der Waals surface area contributed by atoms with Crippen molar-refractivity contribution in [3.63, 3.8) is 0 Å². The fourth-order valence-electron chi connectivity index (χ4n) is 1.66. The molecule has 0 fully saturated rings. The van der Waals surface area contributed by atoms with Crippen molar-refractivity contribution in [2.75, 3.05) is 0 Å². The molecule has 0 unspecified atom stereocenters. The van der Waals surface area contributed by atoms with E-state index in [4.69, 9.17) is 8.83 Å². The molecule has 0 aliphatic rings. The fraction of sp³-hybridized carbons (Fsp3) is 0.0833. The molecule has 80 valence electrons. The van der Waals surface area contributed by atoms with E-state index in [-0.39, 0.29) is 0 Å². The lowest BCUT2D eigenvalue weighted by Gasteiger charge is -1.94. The Kier molecular flexibility index (Phi) is 1.93. The normalized spacial score (nSPS) is 10.8. The van der Waals surface area contributed by atoms with Crippen LogP contribution in [0.3, 0.4) is 0 Å². The van der Waals surface area contributed by atoms with Crippen LogP contribution < -0.4 is 0 Å². The molecule has 0 amide bonds. The van der Waals surface area contributed by atoms with Crippen LogP contribution in [-0.2, 0) is 0 Å². The summed E-state index contributed by atoms with van der Waals surface area (Å²) < 4.78 is 10.9. The number of hydrogen-bond acceptors (Lipinski definition) is 3. The summed E-state index contributed by atoms with van der Waals surface area (Å²) in [5.41, 5.74) is 1.62. The summed E-state index contributed by atoms with van der Waals surface area (Å²) in [7, 11) is 0. The molecule has 3 aromatic heterocycles. The Morgan fingerprint density at radius 3 is 2.88 bits per heavy atom. The summed E-state index contributed by atoms with van der Waals surface area (Å²) in [5.74, 6) is 2.04. The zero-order valence-corrected chi connectivity index (χ0v) is 8.73. The van der Waals surface area contributed by atoms with Crippen LogP contribution in [0.25, 0.3) is 22.9 Å². The van der Waals surface area contributed by atoms with Crippen LogP contribution in [-0.4, -0.2) is 9.97 Å². The van der Waals surface area contributed by atoms with Gasteiger partial charge in [0.1, 0.15) is 0 Å². The summed E-state index contributed by atoms with van der Waals surface area (Å²) in [5, 5.41) is 0. The number of nitrogens with zero attached hydrogens (tertiary/aromatic N) is 1. The Morgan fingerprint density at radius 1 is 1.25 bits per heavy atom. The van der Waals surface area contributed by atoms with E-state index in [0.717, 1.165) is 11.4 Å². The van der Waals surface area contributed by atoms with Crippen molar-refractivity contribution in [2.45, 2.75) is 6.92 Å². The van der Waals surface area contributed by atoms with E-state index in [1.165, 1.54) is 0 Å². The number of aromatic nitrogens is 2. The quantitative estimate of drug-likeness (QED) is 0.712. The number of aryl methyl sites for hydroxylation is 1. The number of aromatic amines is 1. The van der Waals surface area contributed by atoms with E-state index in [0.29, 0.717) is 17.4 Å². The van der Waals surface area contributed by atoms with Gasteiger partial charge in [0.05, 0.1) is 12.0 Å². The lowest BCUT2D eigenvalue weighted by atomic mass is 10.2. The SMILES string of the molecule is Cc1nc(-c2ccco2)c(-c2ccc[nH]2)o1. The van der Waals surface area contributed by atoms with Crippen molar-refractivity contribution in [3.8, 4) is 22.9 Å². The van der Waals surface area contributed by atoms with Gasteiger partial charge in [-0.2, -0.15) is 0 Å². The van der Waals surface area contributed by atoms with Gasteiger partial charge in [0, 0.05) is 13.1 Å². The van der Waals surface area contributed by atoms with Gasteiger partial charge in [-0.25, -0.2) is 4.98 Å². The van der Waals surface area contributed by atoms with Gasteiger partial charge in [0.2, 0.25) is 0 Å². The minimum atomic E-state index is 0.621. The predicted molar refractivity (Wildman–Crippen MR) is 58.7 cm³/mol. The van der Waals surface area contributed by atoms with Gasteiger partial charge in [-0.1, -0.05) is 0 Å². The lowest BCUT2D eigenvalue weighted by Crippen LogP contribution is -1.79. The average molecular weight is 214 g/mol. The van der Waals surface area contributed by atoms with Crippen molar-refractivity contribution in [1.82, 2.24) is 9.97 Å². The predicted octanol–water partition coefficient (Wildman–Crippen LogP) is 3.24. The highest BCUT2D eigenvalue weighted by atomic mass is 16.4. The van der Waals surface area contributed by atoms with Crippen LogP contribution in [0, 0.1) is 6.92 Å². The zero-order valence-electron chi connectivity index (χ0n) is 8.73. The van der Waals surface area contributed by atoms with Gasteiger partial charge in [-0.3, -0.25) is 0 Å². The van der Waals surface area contributed by atoms with Gasteiger partial charge < -0.3 is 13.8 Å². The molecule has 4 nitrogen and oxygen atoms in total. The Labute approximate surface area is 91.9 Å².